The lowest BCUT2D eigenvalue weighted by molar-refractivity contribution is 0.0485. The van der Waals surface area contributed by atoms with Crippen LogP contribution in [0.3, 0.4) is 0 Å². The second-order valence-corrected chi connectivity index (χ2v) is 6.50. The maximum absolute atomic E-state index is 3.65. The smallest absolute Gasteiger partial charge is 0.0224 e. The Hall–Kier alpha value is -0.120. The van der Waals surface area contributed by atoms with Crippen molar-refractivity contribution in [1.29, 1.82) is 0 Å². The Labute approximate surface area is 113 Å². The van der Waals surface area contributed by atoms with Gasteiger partial charge >= 0.3 is 0 Å². The van der Waals surface area contributed by atoms with Crippen molar-refractivity contribution in [3.8, 4) is 0 Å². The quantitative estimate of drug-likeness (QED) is 0.806. The van der Waals surface area contributed by atoms with E-state index in [1.54, 1.807) is 0 Å². The van der Waals surface area contributed by atoms with Crippen LogP contribution in [0.4, 0.5) is 0 Å². The van der Waals surface area contributed by atoms with E-state index in [0.29, 0.717) is 6.04 Å². The number of hydrogen-bond acceptors (Lipinski definition) is 3. The summed E-state index contributed by atoms with van der Waals surface area (Å²) in [6.07, 6.45) is 2.82. The molecule has 0 aromatic carbocycles. The number of rotatable bonds is 5. The molecule has 0 aromatic heterocycles. The molecule has 3 nitrogen and oxygen atoms in total. The lowest BCUT2D eigenvalue weighted by Gasteiger charge is -2.44. The number of fused-ring (bicyclic) bond motifs is 1. The number of piperazine rings is 1. The van der Waals surface area contributed by atoms with Gasteiger partial charge in [-0.15, -0.1) is 0 Å². The highest BCUT2D eigenvalue weighted by Crippen LogP contribution is 2.25. The minimum Gasteiger partial charge on any atom is -0.313 e. The second kappa shape index (κ2) is 6.36. The van der Waals surface area contributed by atoms with E-state index in [1.807, 2.05) is 0 Å². The summed E-state index contributed by atoms with van der Waals surface area (Å²) in [5.41, 5.74) is 0. The lowest BCUT2D eigenvalue weighted by atomic mass is 10.0. The van der Waals surface area contributed by atoms with Crippen LogP contribution in [0.15, 0.2) is 0 Å². The van der Waals surface area contributed by atoms with Crippen LogP contribution < -0.4 is 5.32 Å². The van der Waals surface area contributed by atoms with Crippen molar-refractivity contribution in [2.45, 2.75) is 58.7 Å². The molecule has 0 radical (unpaired) electrons. The molecule has 0 amide bonds. The van der Waals surface area contributed by atoms with Crippen LogP contribution in [0.25, 0.3) is 0 Å². The molecule has 3 unspecified atom stereocenters. The van der Waals surface area contributed by atoms with Gasteiger partial charge in [0.1, 0.15) is 0 Å². The van der Waals surface area contributed by atoms with Crippen molar-refractivity contribution in [1.82, 2.24) is 15.1 Å². The molecule has 0 saturated carbocycles. The third-order valence-corrected chi connectivity index (χ3v) is 4.77. The summed E-state index contributed by atoms with van der Waals surface area (Å²) in [5, 5.41) is 3.65. The zero-order chi connectivity index (χ0) is 13.1. The first-order chi connectivity index (χ1) is 8.61. The van der Waals surface area contributed by atoms with E-state index in [0.717, 1.165) is 24.5 Å². The largest absolute Gasteiger partial charge is 0.313 e. The van der Waals surface area contributed by atoms with Gasteiger partial charge in [-0.25, -0.2) is 0 Å². The maximum Gasteiger partial charge on any atom is 0.0224 e. The highest BCUT2D eigenvalue weighted by atomic mass is 15.3. The van der Waals surface area contributed by atoms with Gasteiger partial charge in [0, 0.05) is 37.8 Å². The molecule has 0 spiro atoms. The summed E-state index contributed by atoms with van der Waals surface area (Å²) in [7, 11) is 0. The van der Waals surface area contributed by atoms with Crippen LogP contribution >= 0.6 is 0 Å². The number of nitrogens with one attached hydrogen (secondary N) is 1. The first kappa shape index (κ1) is 14.3. The van der Waals surface area contributed by atoms with Gasteiger partial charge in [0.15, 0.2) is 0 Å². The van der Waals surface area contributed by atoms with E-state index >= 15 is 0 Å². The van der Waals surface area contributed by atoms with E-state index < -0.39 is 0 Å². The minimum absolute atomic E-state index is 0.644. The zero-order valence-corrected chi connectivity index (χ0v) is 12.7. The molecule has 2 fully saturated rings. The predicted molar refractivity (Wildman–Crippen MR) is 77.9 cm³/mol. The minimum atomic E-state index is 0.644. The van der Waals surface area contributed by atoms with Gasteiger partial charge in [-0.3, -0.25) is 9.80 Å². The van der Waals surface area contributed by atoms with Gasteiger partial charge in [0.25, 0.3) is 0 Å². The van der Waals surface area contributed by atoms with Crippen molar-refractivity contribution in [3.63, 3.8) is 0 Å². The number of nitrogens with zero attached hydrogens (tertiary/aromatic N) is 2. The normalized spacial score (nSPS) is 31.8. The molecule has 0 aromatic rings. The SMILES string of the molecule is CCNC(CN1CC2CCCN2CC1C)C(C)C. The average molecular weight is 253 g/mol. The third kappa shape index (κ3) is 3.25. The Kier molecular flexibility index (Phi) is 5.05. The third-order valence-electron chi connectivity index (χ3n) is 4.77. The number of likely N-dealkylation sites (N-methyl/N-ethyl adjacent to an activating group) is 1. The Balaban J connectivity index is 1.90. The molecule has 2 saturated heterocycles. The first-order valence-corrected chi connectivity index (χ1v) is 7.83. The summed E-state index contributed by atoms with van der Waals surface area (Å²) in [6.45, 7) is 15.5. The van der Waals surface area contributed by atoms with Crippen molar-refractivity contribution < 1.29 is 0 Å². The van der Waals surface area contributed by atoms with Crippen molar-refractivity contribution in [2.24, 2.45) is 5.92 Å². The first-order valence-electron chi connectivity index (χ1n) is 7.83. The molecular formula is C15H31N3. The highest BCUT2D eigenvalue weighted by Gasteiger charge is 2.35. The van der Waals surface area contributed by atoms with E-state index in [4.69, 9.17) is 0 Å². The molecule has 3 heteroatoms. The monoisotopic (exact) mass is 253 g/mol. The van der Waals surface area contributed by atoms with Gasteiger partial charge in [0.2, 0.25) is 0 Å². The van der Waals surface area contributed by atoms with Crippen LogP contribution in [0.5, 0.6) is 0 Å². The van der Waals surface area contributed by atoms with Crippen LogP contribution in [0, 0.1) is 5.92 Å². The molecule has 2 aliphatic rings. The molecule has 2 rings (SSSR count). The molecular weight excluding hydrogens is 222 g/mol. The van der Waals surface area contributed by atoms with Gasteiger partial charge in [-0.1, -0.05) is 20.8 Å². The Morgan fingerprint density at radius 1 is 1.28 bits per heavy atom. The standard InChI is InChI=1S/C15H31N3/c1-5-16-15(12(2)3)11-18-10-14-7-6-8-17(14)9-13(18)4/h12-16H,5-11H2,1-4H3. The molecule has 0 aliphatic carbocycles. The fraction of sp³-hybridized carbons (Fsp3) is 1.00. The Morgan fingerprint density at radius 2 is 2.06 bits per heavy atom. The van der Waals surface area contributed by atoms with Crippen LogP contribution in [0.1, 0.15) is 40.5 Å². The fourth-order valence-corrected chi connectivity index (χ4v) is 3.53. The summed E-state index contributed by atoms with van der Waals surface area (Å²) in [4.78, 5) is 5.43. The summed E-state index contributed by atoms with van der Waals surface area (Å²) in [6, 6.07) is 2.21. The zero-order valence-electron chi connectivity index (χ0n) is 12.7. The molecule has 2 heterocycles. The van der Waals surface area contributed by atoms with Gasteiger partial charge in [-0.2, -0.15) is 0 Å². The molecule has 0 bridgehead atoms. The molecule has 106 valence electrons. The molecule has 3 atom stereocenters. The Bertz CT molecular complexity index is 254. The summed E-state index contributed by atoms with van der Waals surface area (Å²) < 4.78 is 0. The molecule has 2 aliphatic heterocycles. The Morgan fingerprint density at radius 3 is 2.72 bits per heavy atom. The maximum atomic E-state index is 3.65. The van der Waals surface area contributed by atoms with E-state index in [9.17, 15) is 0 Å². The van der Waals surface area contributed by atoms with Crippen LogP contribution in [-0.2, 0) is 0 Å². The fourth-order valence-electron chi connectivity index (χ4n) is 3.53. The van der Waals surface area contributed by atoms with Gasteiger partial charge in [-0.05, 0) is 38.8 Å². The van der Waals surface area contributed by atoms with Crippen LogP contribution in [0.2, 0.25) is 0 Å². The lowest BCUT2D eigenvalue weighted by Crippen LogP contribution is -2.58. The van der Waals surface area contributed by atoms with Crippen LogP contribution in [-0.4, -0.2) is 60.6 Å². The van der Waals surface area contributed by atoms with Crippen molar-refractivity contribution in [3.05, 3.63) is 0 Å². The molecule has 18 heavy (non-hydrogen) atoms. The molecule has 1 N–H and O–H groups in total. The van der Waals surface area contributed by atoms with E-state index in [1.165, 1.54) is 39.0 Å². The summed E-state index contributed by atoms with van der Waals surface area (Å²) >= 11 is 0. The predicted octanol–water partition coefficient (Wildman–Crippen LogP) is 1.79. The van der Waals surface area contributed by atoms with E-state index in [2.05, 4.69) is 42.8 Å². The van der Waals surface area contributed by atoms with Crippen molar-refractivity contribution >= 4 is 0 Å². The number of hydrogen-bond donors (Lipinski definition) is 1. The summed E-state index contributed by atoms with van der Waals surface area (Å²) in [5.74, 6) is 0.721. The highest BCUT2D eigenvalue weighted by molar-refractivity contribution is 4.92. The van der Waals surface area contributed by atoms with Gasteiger partial charge in [0.05, 0.1) is 0 Å². The average Bonchev–Trinajstić information content (AvgIpc) is 2.75. The second-order valence-electron chi connectivity index (χ2n) is 6.50. The topological polar surface area (TPSA) is 18.5 Å². The van der Waals surface area contributed by atoms with Crippen molar-refractivity contribution in [2.75, 3.05) is 32.7 Å². The van der Waals surface area contributed by atoms with E-state index in [-0.39, 0.29) is 0 Å². The van der Waals surface area contributed by atoms with Gasteiger partial charge < -0.3 is 5.32 Å².